The number of Topliss-reactive ketones (excluding diaryl/α,β-unsaturated/α-hetero) is 1. The van der Waals surface area contributed by atoms with E-state index in [1.54, 1.807) is 23.1 Å². The molecule has 1 aromatic carbocycles. The Bertz CT molecular complexity index is 1180. The van der Waals surface area contributed by atoms with Gasteiger partial charge in [0.1, 0.15) is 0 Å². The number of aromatic amines is 1. The number of amides is 5. The van der Waals surface area contributed by atoms with Crippen molar-refractivity contribution in [3.63, 3.8) is 0 Å². The predicted octanol–water partition coefficient (Wildman–Crippen LogP) is 1.10. The lowest BCUT2D eigenvalue weighted by molar-refractivity contribution is -0.127. The van der Waals surface area contributed by atoms with Crippen molar-refractivity contribution in [3.05, 3.63) is 30.0 Å². The maximum Gasteiger partial charge on any atom is 0.319 e. The number of likely N-dealkylation sites (N-methyl/N-ethyl adjacent to an activating group) is 1. The first kappa shape index (κ1) is 33.8. The summed E-state index contributed by atoms with van der Waals surface area (Å²) in [5, 5.41) is 11.8. The number of carbonyl (C=O) groups excluding carboxylic acids is 4. The second kappa shape index (κ2) is 18.7. The lowest BCUT2D eigenvalue weighted by atomic mass is 10.1. The van der Waals surface area contributed by atoms with Gasteiger partial charge in [-0.25, -0.2) is 9.59 Å². The molecule has 0 radical (unpaired) electrons. The summed E-state index contributed by atoms with van der Waals surface area (Å²) in [6.07, 6.45) is 4.98. The van der Waals surface area contributed by atoms with E-state index in [1.165, 1.54) is 6.20 Å². The molecule has 0 spiro atoms. The smallest absolute Gasteiger partial charge is 0.319 e. The van der Waals surface area contributed by atoms with E-state index in [0.717, 1.165) is 38.8 Å². The Balaban J connectivity index is 1.27. The van der Waals surface area contributed by atoms with Crippen molar-refractivity contribution in [2.24, 2.45) is 5.73 Å². The monoisotopic (exact) mass is 602 g/mol. The number of fused-ring (bicyclic) bond motifs is 1. The standard InChI is InChI=1S/C29H46N8O6/c1-36-13-15-37(16-14-36)27(39)26(38)23-21-34-25-22(23)7-6-8-24(25)35-29(41)32-11-5-3-2-4-10-31-28(40)33-12-18-43-20-19-42-17-9-30/h6-8,21,34H,2-5,9-20,30H2,1H3,(H2,31,33,40)(H2,32,35,41). The summed E-state index contributed by atoms with van der Waals surface area (Å²) >= 11 is 0. The Morgan fingerprint density at radius 3 is 2.19 bits per heavy atom. The van der Waals surface area contributed by atoms with E-state index in [0.29, 0.717) is 87.8 Å². The number of nitrogens with one attached hydrogen (secondary N) is 5. The second-order valence-corrected chi connectivity index (χ2v) is 10.3. The van der Waals surface area contributed by atoms with E-state index in [1.807, 2.05) is 7.05 Å². The molecule has 2 heterocycles. The number of carbonyl (C=O) groups is 4. The number of rotatable bonds is 18. The van der Waals surface area contributed by atoms with E-state index >= 15 is 0 Å². The number of aromatic nitrogens is 1. The van der Waals surface area contributed by atoms with Gasteiger partial charge in [-0.15, -0.1) is 0 Å². The number of ketones is 1. The van der Waals surface area contributed by atoms with Gasteiger partial charge in [0.25, 0.3) is 11.7 Å². The molecule has 43 heavy (non-hydrogen) atoms. The average molecular weight is 603 g/mol. The van der Waals surface area contributed by atoms with Crippen LogP contribution in [0.1, 0.15) is 36.0 Å². The van der Waals surface area contributed by atoms with Gasteiger partial charge < -0.3 is 51.3 Å². The lowest BCUT2D eigenvalue weighted by Crippen LogP contribution is -2.49. The Morgan fingerprint density at radius 1 is 0.837 bits per heavy atom. The van der Waals surface area contributed by atoms with Gasteiger partial charge in [-0.2, -0.15) is 0 Å². The van der Waals surface area contributed by atoms with Gasteiger partial charge >= 0.3 is 12.1 Å². The third-order valence-electron chi connectivity index (χ3n) is 7.03. The molecule has 2 aromatic rings. The number of H-pyrrole nitrogens is 1. The van der Waals surface area contributed by atoms with E-state index < -0.39 is 11.7 Å². The number of hydrogen-bond donors (Lipinski definition) is 6. The fourth-order valence-corrected chi connectivity index (χ4v) is 4.59. The molecular formula is C29H46N8O6. The Morgan fingerprint density at radius 2 is 1.49 bits per heavy atom. The molecule has 1 aromatic heterocycles. The molecule has 0 aliphatic carbocycles. The van der Waals surface area contributed by atoms with Crippen LogP contribution < -0.4 is 27.0 Å². The average Bonchev–Trinajstić information content (AvgIpc) is 3.44. The summed E-state index contributed by atoms with van der Waals surface area (Å²) < 4.78 is 10.5. The van der Waals surface area contributed by atoms with Crippen LogP contribution in [0.2, 0.25) is 0 Å². The number of ether oxygens (including phenoxy) is 2. The fourth-order valence-electron chi connectivity index (χ4n) is 4.59. The van der Waals surface area contributed by atoms with Crippen LogP contribution in [0.3, 0.4) is 0 Å². The summed E-state index contributed by atoms with van der Waals surface area (Å²) in [6, 6.07) is 4.66. The van der Waals surface area contributed by atoms with Crippen LogP contribution in [0.15, 0.2) is 24.4 Å². The molecule has 1 fully saturated rings. The third kappa shape index (κ3) is 11.5. The molecular weight excluding hydrogens is 556 g/mol. The molecule has 0 unspecified atom stereocenters. The van der Waals surface area contributed by atoms with Gasteiger partial charge in [0.15, 0.2) is 0 Å². The van der Waals surface area contributed by atoms with Crippen LogP contribution in [0.5, 0.6) is 0 Å². The van der Waals surface area contributed by atoms with Gasteiger partial charge in [0.05, 0.1) is 43.2 Å². The minimum atomic E-state index is -0.556. The third-order valence-corrected chi connectivity index (χ3v) is 7.03. The quantitative estimate of drug-likeness (QED) is 0.0833. The van der Waals surface area contributed by atoms with Crippen LogP contribution in [0, 0.1) is 0 Å². The summed E-state index contributed by atoms with van der Waals surface area (Å²) in [5.74, 6) is -1.06. The SMILES string of the molecule is CN1CCN(C(=O)C(=O)c2c[nH]c3c(NC(=O)NCCCCCCNC(=O)NCCOCCOCCN)cccc23)CC1. The first-order valence-electron chi connectivity index (χ1n) is 14.9. The molecule has 0 bridgehead atoms. The summed E-state index contributed by atoms with van der Waals surface area (Å²) in [4.78, 5) is 56.8. The number of unbranched alkanes of at least 4 members (excludes halogenated alkanes) is 3. The minimum absolute atomic E-state index is 0.225. The second-order valence-electron chi connectivity index (χ2n) is 10.3. The van der Waals surface area contributed by atoms with E-state index in [9.17, 15) is 19.2 Å². The summed E-state index contributed by atoms with van der Waals surface area (Å²) in [5.41, 5.74) is 6.73. The predicted molar refractivity (Wildman–Crippen MR) is 164 cm³/mol. The number of nitrogens with zero attached hydrogens (tertiary/aromatic N) is 2. The molecule has 0 atom stereocenters. The maximum absolute atomic E-state index is 13.0. The molecule has 3 rings (SSSR count). The Kier molecular flexibility index (Phi) is 14.7. The topological polar surface area (TPSA) is 183 Å². The molecule has 1 saturated heterocycles. The van der Waals surface area contributed by atoms with Crippen molar-refractivity contribution in [3.8, 4) is 0 Å². The Labute approximate surface area is 252 Å². The normalized spacial score (nSPS) is 13.6. The van der Waals surface area contributed by atoms with Gasteiger partial charge in [-0.05, 0) is 26.0 Å². The number of anilines is 1. The van der Waals surface area contributed by atoms with Crippen LogP contribution in [-0.2, 0) is 14.3 Å². The van der Waals surface area contributed by atoms with E-state index in [-0.39, 0.29) is 12.1 Å². The van der Waals surface area contributed by atoms with Gasteiger partial charge in [-0.3, -0.25) is 9.59 Å². The summed E-state index contributed by atoms with van der Waals surface area (Å²) in [7, 11) is 1.99. The van der Waals surface area contributed by atoms with E-state index in [2.05, 4.69) is 31.2 Å². The zero-order valence-electron chi connectivity index (χ0n) is 25.0. The molecule has 0 saturated carbocycles. The number of nitrogens with two attached hydrogens (primary N) is 1. The highest BCUT2D eigenvalue weighted by Crippen LogP contribution is 2.26. The molecule has 14 nitrogen and oxygen atoms in total. The van der Waals surface area contributed by atoms with Crippen molar-refractivity contribution < 1.29 is 28.7 Å². The largest absolute Gasteiger partial charge is 0.378 e. The van der Waals surface area contributed by atoms with Crippen molar-refractivity contribution in [2.45, 2.75) is 25.7 Å². The zero-order valence-corrected chi connectivity index (χ0v) is 25.0. The molecule has 5 amide bonds. The first-order valence-corrected chi connectivity index (χ1v) is 14.9. The van der Waals surface area contributed by atoms with Crippen molar-refractivity contribution in [1.29, 1.82) is 0 Å². The van der Waals surface area contributed by atoms with Crippen LogP contribution in [0.25, 0.3) is 10.9 Å². The molecule has 7 N–H and O–H groups in total. The number of urea groups is 2. The van der Waals surface area contributed by atoms with Crippen LogP contribution in [0.4, 0.5) is 15.3 Å². The highest BCUT2D eigenvalue weighted by molar-refractivity contribution is 6.45. The number of benzene rings is 1. The Hall–Kier alpha value is -3.72. The summed E-state index contributed by atoms with van der Waals surface area (Å²) in [6.45, 7) is 6.36. The van der Waals surface area contributed by atoms with Gasteiger partial charge in [-0.1, -0.05) is 25.0 Å². The number of hydrogen-bond acceptors (Lipinski definition) is 8. The van der Waals surface area contributed by atoms with Gasteiger partial charge in [0, 0.05) is 63.9 Å². The minimum Gasteiger partial charge on any atom is -0.378 e. The van der Waals surface area contributed by atoms with E-state index in [4.69, 9.17) is 15.2 Å². The zero-order chi connectivity index (χ0) is 30.9. The molecule has 238 valence electrons. The number of para-hydroxylation sites is 1. The highest BCUT2D eigenvalue weighted by Gasteiger charge is 2.28. The van der Waals surface area contributed by atoms with Crippen LogP contribution >= 0.6 is 0 Å². The lowest BCUT2D eigenvalue weighted by Gasteiger charge is -2.31. The highest BCUT2D eigenvalue weighted by atomic mass is 16.5. The van der Waals surface area contributed by atoms with Crippen LogP contribution in [-0.4, -0.2) is 124 Å². The van der Waals surface area contributed by atoms with Gasteiger partial charge in [0.2, 0.25) is 0 Å². The maximum atomic E-state index is 13.0. The molecule has 1 aliphatic rings. The number of piperazine rings is 1. The molecule has 1 aliphatic heterocycles. The molecule has 14 heteroatoms. The fraction of sp³-hybridized carbons (Fsp3) is 0.586. The van der Waals surface area contributed by atoms with Crippen molar-refractivity contribution in [1.82, 2.24) is 30.7 Å². The first-order chi connectivity index (χ1) is 20.9. The van der Waals surface area contributed by atoms with Crippen molar-refractivity contribution in [2.75, 3.05) is 91.2 Å². The van der Waals surface area contributed by atoms with Crippen molar-refractivity contribution >= 4 is 40.3 Å².